The third-order valence-corrected chi connectivity index (χ3v) is 3.68. The van der Waals surface area contributed by atoms with Crippen molar-refractivity contribution in [3.05, 3.63) is 24.0 Å². The van der Waals surface area contributed by atoms with Crippen LogP contribution in [-0.2, 0) is 13.1 Å². The maximum Gasteiger partial charge on any atom is 0.0223 e. The van der Waals surface area contributed by atoms with Gasteiger partial charge in [-0.15, -0.1) is 0 Å². The second kappa shape index (κ2) is 7.54. The summed E-state index contributed by atoms with van der Waals surface area (Å²) in [4.78, 5) is 0. The van der Waals surface area contributed by atoms with Crippen LogP contribution in [0.2, 0.25) is 0 Å². The highest BCUT2D eigenvalue weighted by Crippen LogP contribution is 2.13. The molecular weight excluding hydrogens is 208 g/mol. The highest BCUT2D eigenvalue weighted by atomic mass is 15.0. The molecule has 98 valence electrons. The molecule has 1 N–H and O–H groups in total. The van der Waals surface area contributed by atoms with Gasteiger partial charge in [0.1, 0.15) is 0 Å². The number of nitrogens with one attached hydrogen (secondary N) is 1. The molecule has 0 spiro atoms. The number of hydrogen-bond donors (Lipinski definition) is 1. The van der Waals surface area contributed by atoms with E-state index in [4.69, 9.17) is 0 Å². The number of aryl methyl sites for hydroxylation is 1. The van der Waals surface area contributed by atoms with Crippen LogP contribution in [0.4, 0.5) is 0 Å². The molecule has 2 nitrogen and oxygen atoms in total. The van der Waals surface area contributed by atoms with Gasteiger partial charge in [0, 0.05) is 31.5 Å². The van der Waals surface area contributed by atoms with E-state index in [0.717, 1.165) is 19.0 Å². The molecule has 1 rings (SSSR count). The van der Waals surface area contributed by atoms with Gasteiger partial charge in [-0.25, -0.2) is 0 Å². The summed E-state index contributed by atoms with van der Waals surface area (Å²) >= 11 is 0. The van der Waals surface area contributed by atoms with Crippen LogP contribution >= 0.6 is 0 Å². The van der Waals surface area contributed by atoms with Crippen molar-refractivity contribution in [3.63, 3.8) is 0 Å². The number of aromatic nitrogens is 1. The van der Waals surface area contributed by atoms with Gasteiger partial charge in [-0.2, -0.15) is 0 Å². The molecule has 0 bridgehead atoms. The topological polar surface area (TPSA) is 17.0 Å². The summed E-state index contributed by atoms with van der Waals surface area (Å²) < 4.78 is 2.28. The predicted octanol–water partition coefficient (Wildman–Crippen LogP) is 3.81. The van der Waals surface area contributed by atoms with Gasteiger partial charge in [0.05, 0.1) is 0 Å². The Hall–Kier alpha value is -0.760. The Kier molecular flexibility index (Phi) is 6.35. The SMILES string of the molecule is CCCn1ccc(CNC(C)C(CC)CC)c1. The molecule has 0 aromatic carbocycles. The third kappa shape index (κ3) is 4.55. The Morgan fingerprint density at radius 1 is 1.24 bits per heavy atom. The summed E-state index contributed by atoms with van der Waals surface area (Å²) in [6, 6.07) is 2.84. The Balaban J connectivity index is 2.38. The first kappa shape index (κ1) is 14.3. The van der Waals surface area contributed by atoms with Gasteiger partial charge in [-0.05, 0) is 30.9 Å². The Morgan fingerprint density at radius 2 is 1.94 bits per heavy atom. The van der Waals surface area contributed by atoms with Gasteiger partial charge >= 0.3 is 0 Å². The van der Waals surface area contributed by atoms with E-state index in [9.17, 15) is 0 Å². The maximum atomic E-state index is 3.64. The molecule has 0 amide bonds. The normalized spacial score (nSPS) is 13.2. The highest BCUT2D eigenvalue weighted by molar-refractivity contribution is 5.10. The summed E-state index contributed by atoms with van der Waals surface area (Å²) in [5.74, 6) is 0.799. The van der Waals surface area contributed by atoms with E-state index >= 15 is 0 Å². The van der Waals surface area contributed by atoms with Crippen molar-refractivity contribution in [3.8, 4) is 0 Å². The molecule has 0 aliphatic rings. The lowest BCUT2D eigenvalue weighted by Gasteiger charge is -2.22. The van der Waals surface area contributed by atoms with E-state index in [2.05, 4.69) is 56.0 Å². The van der Waals surface area contributed by atoms with Crippen LogP contribution in [0.15, 0.2) is 18.5 Å². The zero-order valence-electron chi connectivity index (χ0n) is 11.9. The van der Waals surface area contributed by atoms with Gasteiger partial charge in [0.15, 0.2) is 0 Å². The van der Waals surface area contributed by atoms with Crippen molar-refractivity contribution >= 4 is 0 Å². The Bertz CT molecular complexity index is 300. The standard InChI is InChI=1S/C15H28N2/c1-5-9-17-10-8-14(12-17)11-16-13(4)15(6-2)7-3/h8,10,12-13,15-16H,5-7,9,11H2,1-4H3. The Labute approximate surface area is 106 Å². The molecule has 0 saturated heterocycles. The van der Waals surface area contributed by atoms with Crippen molar-refractivity contribution in [1.29, 1.82) is 0 Å². The summed E-state index contributed by atoms with van der Waals surface area (Å²) in [6.07, 6.45) is 8.17. The van der Waals surface area contributed by atoms with E-state index in [0.29, 0.717) is 6.04 Å². The second-order valence-corrected chi connectivity index (χ2v) is 5.00. The fraction of sp³-hybridized carbons (Fsp3) is 0.733. The van der Waals surface area contributed by atoms with Crippen LogP contribution in [-0.4, -0.2) is 10.6 Å². The van der Waals surface area contributed by atoms with Gasteiger partial charge < -0.3 is 9.88 Å². The Morgan fingerprint density at radius 3 is 2.53 bits per heavy atom. The smallest absolute Gasteiger partial charge is 0.0223 e. The number of hydrogen-bond acceptors (Lipinski definition) is 1. The summed E-state index contributed by atoms with van der Waals surface area (Å²) in [5.41, 5.74) is 1.40. The summed E-state index contributed by atoms with van der Waals surface area (Å²) in [6.45, 7) is 11.2. The molecule has 0 fully saturated rings. The molecule has 2 heteroatoms. The fourth-order valence-corrected chi connectivity index (χ4v) is 2.43. The van der Waals surface area contributed by atoms with Gasteiger partial charge in [0.25, 0.3) is 0 Å². The second-order valence-electron chi connectivity index (χ2n) is 5.00. The lowest BCUT2D eigenvalue weighted by molar-refractivity contribution is 0.353. The predicted molar refractivity (Wildman–Crippen MR) is 75.1 cm³/mol. The van der Waals surface area contributed by atoms with Crippen LogP contribution in [0.25, 0.3) is 0 Å². The minimum Gasteiger partial charge on any atom is -0.354 e. The first-order valence-corrected chi connectivity index (χ1v) is 7.09. The molecule has 0 aliphatic carbocycles. The van der Waals surface area contributed by atoms with E-state index in [-0.39, 0.29) is 0 Å². The van der Waals surface area contributed by atoms with Crippen molar-refractivity contribution in [2.45, 2.75) is 66.1 Å². The summed E-state index contributed by atoms with van der Waals surface area (Å²) in [7, 11) is 0. The van der Waals surface area contributed by atoms with Crippen molar-refractivity contribution in [2.75, 3.05) is 0 Å². The molecule has 1 heterocycles. The molecular formula is C15H28N2. The molecule has 1 atom stereocenters. The average molecular weight is 236 g/mol. The molecule has 0 radical (unpaired) electrons. The van der Waals surface area contributed by atoms with Crippen LogP contribution in [0.3, 0.4) is 0 Å². The third-order valence-electron chi connectivity index (χ3n) is 3.68. The first-order chi connectivity index (χ1) is 8.21. The fourth-order valence-electron chi connectivity index (χ4n) is 2.43. The molecule has 0 saturated carbocycles. The van der Waals surface area contributed by atoms with E-state index < -0.39 is 0 Å². The minimum atomic E-state index is 0.611. The number of rotatable bonds is 8. The molecule has 1 unspecified atom stereocenters. The average Bonchev–Trinajstić information content (AvgIpc) is 2.76. The van der Waals surface area contributed by atoms with Gasteiger partial charge in [-0.3, -0.25) is 0 Å². The first-order valence-electron chi connectivity index (χ1n) is 7.09. The minimum absolute atomic E-state index is 0.611. The molecule has 17 heavy (non-hydrogen) atoms. The number of nitrogens with zero attached hydrogens (tertiary/aromatic N) is 1. The van der Waals surface area contributed by atoms with Crippen molar-refractivity contribution in [2.24, 2.45) is 5.92 Å². The van der Waals surface area contributed by atoms with Crippen LogP contribution in [0.5, 0.6) is 0 Å². The van der Waals surface area contributed by atoms with Crippen LogP contribution in [0, 0.1) is 5.92 Å². The van der Waals surface area contributed by atoms with Gasteiger partial charge in [-0.1, -0.05) is 33.6 Å². The quantitative estimate of drug-likeness (QED) is 0.726. The molecule has 1 aromatic heterocycles. The zero-order valence-corrected chi connectivity index (χ0v) is 11.9. The maximum absolute atomic E-state index is 3.64. The highest BCUT2D eigenvalue weighted by Gasteiger charge is 2.12. The van der Waals surface area contributed by atoms with E-state index in [1.165, 1.54) is 24.8 Å². The van der Waals surface area contributed by atoms with Crippen molar-refractivity contribution < 1.29 is 0 Å². The largest absolute Gasteiger partial charge is 0.354 e. The zero-order chi connectivity index (χ0) is 12.7. The van der Waals surface area contributed by atoms with Crippen LogP contribution < -0.4 is 5.32 Å². The van der Waals surface area contributed by atoms with E-state index in [1.807, 2.05) is 0 Å². The monoisotopic (exact) mass is 236 g/mol. The lowest BCUT2D eigenvalue weighted by Crippen LogP contribution is -2.32. The molecule has 0 aliphatic heterocycles. The lowest BCUT2D eigenvalue weighted by atomic mass is 9.95. The van der Waals surface area contributed by atoms with Crippen LogP contribution in [0.1, 0.15) is 52.5 Å². The van der Waals surface area contributed by atoms with Gasteiger partial charge in [0.2, 0.25) is 0 Å². The molecule has 1 aromatic rings. The van der Waals surface area contributed by atoms with E-state index in [1.54, 1.807) is 0 Å². The van der Waals surface area contributed by atoms with Crippen molar-refractivity contribution in [1.82, 2.24) is 9.88 Å². The summed E-state index contributed by atoms with van der Waals surface area (Å²) in [5, 5.41) is 3.64.